The van der Waals surface area contributed by atoms with Gasteiger partial charge in [0, 0.05) is 26.2 Å². The molecule has 8 nitrogen and oxygen atoms in total. The molecule has 164 valence electrons. The molecule has 5 rings (SSSR count). The number of hydrogen-bond donors (Lipinski definition) is 1. The highest BCUT2D eigenvalue weighted by atomic mass is 19.1. The van der Waals surface area contributed by atoms with Crippen LogP contribution in [0.3, 0.4) is 0 Å². The maximum atomic E-state index is 13.3. The number of aromatic nitrogens is 3. The van der Waals surface area contributed by atoms with Crippen molar-refractivity contribution >= 4 is 17.8 Å². The van der Waals surface area contributed by atoms with Crippen LogP contribution in [0.4, 0.5) is 16.3 Å². The lowest BCUT2D eigenvalue weighted by Crippen LogP contribution is -2.38. The number of nitrogens with one attached hydrogen (secondary N) is 1. The molecule has 2 aromatic rings. The van der Waals surface area contributed by atoms with Crippen molar-refractivity contribution < 1.29 is 13.9 Å². The smallest absolute Gasteiger partial charge is 0.231 e. The summed E-state index contributed by atoms with van der Waals surface area (Å²) < 4.78 is 18.7. The van der Waals surface area contributed by atoms with Crippen molar-refractivity contribution in [3.8, 4) is 0 Å². The number of nitrogens with zero attached hydrogens (tertiary/aromatic N) is 5. The Kier molecular flexibility index (Phi) is 5.43. The molecule has 0 radical (unpaired) electrons. The first kappa shape index (κ1) is 20.1. The maximum Gasteiger partial charge on any atom is 0.231 e. The van der Waals surface area contributed by atoms with E-state index in [9.17, 15) is 9.18 Å². The maximum absolute atomic E-state index is 13.3. The Labute approximate surface area is 180 Å². The minimum Gasteiger partial charge on any atom is -0.378 e. The summed E-state index contributed by atoms with van der Waals surface area (Å²) in [4.78, 5) is 31.3. The Hall–Kier alpha value is -2.81. The van der Waals surface area contributed by atoms with Crippen molar-refractivity contribution in [3.63, 3.8) is 0 Å². The number of carbonyl (C=O) groups excluding carboxylic acids is 1. The number of hydrogen-bond acceptors (Lipinski definition) is 7. The van der Waals surface area contributed by atoms with E-state index in [-0.39, 0.29) is 18.3 Å². The number of rotatable bonds is 6. The quantitative estimate of drug-likeness (QED) is 0.754. The van der Waals surface area contributed by atoms with Gasteiger partial charge in [-0.2, -0.15) is 15.0 Å². The molecule has 0 unspecified atom stereocenters. The molecule has 2 aliphatic heterocycles. The second kappa shape index (κ2) is 8.37. The van der Waals surface area contributed by atoms with Crippen LogP contribution in [0.1, 0.15) is 37.1 Å². The highest BCUT2D eigenvalue weighted by Crippen LogP contribution is 2.48. The van der Waals surface area contributed by atoms with Crippen LogP contribution in [0.25, 0.3) is 0 Å². The number of anilines is 2. The van der Waals surface area contributed by atoms with E-state index >= 15 is 0 Å². The molecule has 3 fully saturated rings. The molecule has 0 atom stereocenters. The first-order valence-electron chi connectivity index (χ1n) is 11.0. The van der Waals surface area contributed by atoms with E-state index in [1.54, 1.807) is 12.1 Å². The van der Waals surface area contributed by atoms with Crippen LogP contribution in [0.5, 0.6) is 0 Å². The standard InChI is InChI=1S/C22H27FN6O2/c23-17-5-3-16(4-6-17)22(7-8-22)19(30)24-15-18-25-20(28-9-1-2-10-28)27-21(26-18)29-11-13-31-14-12-29/h3-6H,1-2,7-15H2,(H,24,30). The van der Waals surface area contributed by atoms with Gasteiger partial charge < -0.3 is 19.9 Å². The van der Waals surface area contributed by atoms with E-state index in [0.29, 0.717) is 30.9 Å². The summed E-state index contributed by atoms with van der Waals surface area (Å²) in [6, 6.07) is 6.22. The third kappa shape index (κ3) is 4.19. The summed E-state index contributed by atoms with van der Waals surface area (Å²) >= 11 is 0. The Balaban J connectivity index is 1.33. The Bertz CT molecular complexity index is 938. The van der Waals surface area contributed by atoms with Crippen LogP contribution >= 0.6 is 0 Å². The van der Waals surface area contributed by atoms with Crippen molar-refractivity contribution in [2.75, 3.05) is 49.2 Å². The van der Waals surface area contributed by atoms with E-state index in [2.05, 4.69) is 25.1 Å². The van der Waals surface area contributed by atoms with Gasteiger partial charge in [0.05, 0.1) is 25.2 Å². The zero-order valence-corrected chi connectivity index (χ0v) is 17.5. The van der Waals surface area contributed by atoms with Gasteiger partial charge in [0.2, 0.25) is 17.8 Å². The van der Waals surface area contributed by atoms with Gasteiger partial charge in [-0.15, -0.1) is 0 Å². The molecule has 9 heteroatoms. The Morgan fingerprint density at radius 3 is 2.19 bits per heavy atom. The molecule has 2 saturated heterocycles. The normalized spacial score (nSPS) is 20.0. The number of halogens is 1. The Morgan fingerprint density at radius 2 is 1.58 bits per heavy atom. The molecule has 1 aliphatic carbocycles. The molecular formula is C22H27FN6O2. The molecule has 1 aromatic carbocycles. The van der Waals surface area contributed by atoms with Crippen LogP contribution in [0.2, 0.25) is 0 Å². The first-order chi connectivity index (χ1) is 15.1. The second-order valence-electron chi connectivity index (χ2n) is 8.42. The summed E-state index contributed by atoms with van der Waals surface area (Å²) in [6.07, 6.45) is 3.79. The number of morpholine rings is 1. The average Bonchev–Trinajstić information content (AvgIpc) is 3.43. The average molecular weight is 426 g/mol. The third-order valence-electron chi connectivity index (χ3n) is 6.33. The lowest BCUT2D eigenvalue weighted by Gasteiger charge is -2.28. The highest BCUT2D eigenvalue weighted by Gasteiger charge is 2.51. The van der Waals surface area contributed by atoms with Crippen LogP contribution in [0.15, 0.2) is 24.3 Å². The molecule has 0 bridgehead atoms. The number of amides is 1. The molecule has 1 N–H and O–H groups in total. The zero-order valence-electron chi connectivity index (χ0n) is 17.5. The van der Waals surface area contributed by atoms with E-state index in [4.69, 9.17) is 9.72 Å². The molecule has 1 saturated carbocycles. The fraction of sp³-hybridized carbons (Fsp3) is 0.545. The molecular weight excluding hydrogens is 399 g/mol. The predicted molar refractivity (Wildman–Crippen MR) is 113 cm³/mol. The minimum absolute atomic E-state index is 0.0600. The lowest BCUT2D eigenvalue weighted by atomic mass is 9.95. The summed E-state index contributed by atoms with van der Waals surface area (Å²) in [7, 11) is 0. The van der Waals surface area contributed by atoms with Crippen molar-refractivity contribution in [1.82, 2.24) is 20.3 Å². The van der Waals surface area contributed by atoms with Crippen molar-refractivity contribution in [2.45, 2.75) is 37.6 Å². The van der Waals surface area contributed by atoms with Gasteiger partial charge in [0.15, 0.2) is 5.82 Å². The number of benzene rings is 1. The van der Waals surface area contributed by atoms with Crippen LogP contribution in [0, 0.1) is 5.82 Å². The van der Waals surface area contributed by atoms with Gasteiger partial charge in [0.25, 0.3) is 0 Å². The van der Waals surface area contributed by atoms with Crippen molar-refractivity contribution in [1.29, 1.82) is 0 Å². The summed E-state index contributed by atoms with van der Waals surface area (Å²) in [5.41, 5.74) is 0.291. The zero-order chi connectivity index (χ0) is 21.3. The monoisotopic (exact) mass is 426 g/mol. The van der Waals surface area contributed by atoms with Gasteiger partial charge in [-0.1, -0.05) is 12.1 Å². The third-order valence-corrected chi connectivity index (χ3v) is 6.33. The van der Waals surface area contributed by atoms with E-state index in [1.807, 2.05) is 0 Å². The SMILES string of the molecule is O=C(NCc1nc(N2CCCC2)nc(N2CCOCC2)n1)C1(c2ccc(F)cc2)CC1. The molecule has 31 heavy (non-hydrogen) atoms. The lowest BCUT2D eigenvalue weighted by molar-refractivity contribution is -0.123. The highest BCUT2D eigenvalue weighted by molar-refractivity contribution is 5.91. The van der Waals surface area contributed by atoms with Crippen molar-refractivity contribution in [3.05, 3.63) is 41.5 Å². The fourth-order valence-electron chi connectivity index (χ4n) is 4.31. The molecule has 1 aromatic heterocycles. The Morgan fingerprint density at radius 1 is 0.968 bits per heavy atom. The first-order valence-corrected chi connectivity index (χ1v) is 11.0. The summed E-state index contributed by atoms with van der Waals surface area (Å²) in [5, 5.41) is 3.02. The van der Waals surface area contributed by atoms with Gasteiger partial charge in [-0.3, -0.25) is 4.79 Å². The predicted octanol–water partition coefficient (Wildman–Crippen LogP) is 1.80. The van der Waals surface area contributed by atoms with Crippen LogP contribution in [-0.4, -0.2) is 60.3 Å². The van der Waals surface area contributed by atoms with Gasteiger partial charge in [0.1, 0.15) is 5.82 Å². The molecule has 1 amide bonds. The summed E-state index contributed by atoms with van der Waals surface area (Å²) in [5.74, 6) is 1.52. The van der Waals surface area contributed by atoms with E-state index in [1.165, 1.54) is 12.1 Å². The number of ether oxygens (including phenoxy) is 1. The van der Waals surface area contributed by atoms with Gasteiger partial charge in [-0.05, 0) is 43.4 Å². The molecule has 3 aliphatic rings. The van der Waals surface area contributed by atoms with Gasteiger partial charge in [-0.25, -0.2) is 4.39 Å². The second-order valence-corrected chi connectivity index (χ2v) is 8.42. The minimum atomic E-state index is -0.564. The van der Waals surface area contributed by atoms with E-state index in [0.717, 1.165) is 57.4 Å². The topological polar surface area (TPSA) is 83.5 Å². The van der Waals surface area contributed by atoms with Crippen molar-refractivity contribution in [2.24, 2.45) is 0 Å². The fourth-order valence-corrected chi connectivity index (χ4v) is 4.31. The number of carbonyl (C=O) groups is 1. The largest absolute Gasteiger partial charge is 0.378 e. The molecule has 0 spiro atoms. The van der Waals surface area contributed by atoms with Gasteiger partial charge >= 0.3 is 0 Å². The molecule has 3 heterocycles. The van der Waals surface area contributed by atoms with Crippen LogP contribution < -0.4 is 15.1 Å². The van der Waals surface area contributed by atoms with E-state index < -0.39 is 5.41 Å². The summed E-state index contributed by atoms with van der Waals surface area (Å²) in [6.45, 7) is 4.89. The van der Waals surface area contributed by atoms with Crippen LogP contribution in [-0.2, 0) is 21.5 Å².